The van der Waals surface area contributed by atoms with Crippen molar-refractivity contribution >= 4 is 23.4 Å². The molecule has 5 rings (SSSR count). The number of Topliss-reactive ketones (excluding diaryl/α,β-unsaturated/α-hetero) is 2. The zero-order valence-corrected chi connectivity index (χ0v) is 34.4. The smallest absolute Gasteiger partial charge is 0.329 e. The molecule has 314 valence electrons. The number of carbonyl (C=O) groups is 4. The van der Waals surface area contributed by atoms with Crippen LogP contribution in [0.1, 0.15) is 98.3 Å². The molecular weight excluding hydrogens is 722 g/mol. The van der Waals surface area contributed by atoms with Crippen molar-refractivity contribution in [1.82, 2.24) is 4.90 Å². The zero-order chi connectivity index (χ0) is 40.9. The third-order valence-corrected chi connectivity index (χ3v) is 12.9. The molecule has 1 aliphatic carbocycles. The van der Waals surface area contributed by atoms with Crippen molar-refractivity contribution in [2.24, 2.45) is 23.7 Å². The highest BCUT2D eigenvalue weighted by atomic mass is 16.7. The third-order valence-electron chi connectivity index (χ3n) is 12.9. The molecule has 2 N–H and O–H groups in total. The Morgan fingerprint density at radius 2 is 1.62 bits per heavy atom. The lowest BCUT2D eigenvalue weighted by molar-refractivity contribution is -0.310. The Morgan fingerprint density at radius 1 is 0.929 bits per heavy atom. The summed E-state index contributed by atoms with van der Waals surface area (Å²) in [6.07, 6.45) is 4.62. The SMILES string of the molecule is C=CC[C@@H]1/C=C(\C)C[C@H]2C[C@H](OC)[C@H]3O[C@@](O2)(C(=O)C(=O)N2CCCC[C@H]2C(=O)OC(/C(C)=C/[C@@H]2CC[C@@H](O)[C@H](OC)C2)[C@H](C)[C@@H](O)CC1=O)[C@H](C)C[C@@H]3OC. The lowest BCUT2D eigenvalue weighted by Gasteiger charge is -2.47. The topological polar surface area (TPSA) is 167 Å². The minimum atomic E-state index is -1.98. The Kier molecular flexibility index (Phi) is 15.3. The van der Waals surface area contributed by atoms with Crippen LogP contribution in [-0.4, -0.2) is 127 Å². The van der Waals surface area contributed by atoms with E-state index < -0.39 is 90.0 Å². The molecule has 4 aliphatic heterocycles. The summed E-state index contributed by atoms with van der Waals surface area (Å²) in [5.74, 6) is -6.54. The number of esters is 1. The maximum absolute atomic E-state index is 14.8. The van der Waals surface area contributed by atoms with Crippen molar-refractivity contribution in [3.63, 3.8) is 0 Å². The van der Waals surface area contributed by atoms with Gasteiger partial charge in [-0.15, -0.1) is 6.58 Å². The first kappa shape index (κ1) is 44.3. The molecule has 0 radical (unpaired) electrons. The second kappa shape index (κ2) is 19.3. The van der Waals surface area contributed by atoms with Crippen molar-refractivity contribution in [3.8, 4) is 0 Å². The van der Waals surface area contributed by atoms with E-state index in [0.29, 0.717) is 63.4 Å². The predicted octanol–water partition coefficient (Wildman–Crippen LogP) is 4.41. The molecule has 14 atom stereocenters. The monoisotopic (exact) mass is 787 g/mol. The van der Waals surface area contributed by atoms with E-state index in [2.05, 4.69) is 6.58 Å². The van der Waals surface area contributed by atoms with Gasteiger partial charge in [-0.2, -0.15) is 0 Å². The Labute approximate surface area is 332 Å². The van der Waals surface area contributed by atoms with Crippen LogP contribution in [0.3, 0.4) is 0 Å². The van der Waals surface area contributed by atoms with Gasteiger partial charge in [-0.05, 0) is 83.1 Å². The maximum atomic E-state index is 14.8. The Bertz CT molecular complexity index is 1490. The van der Waals surface area contributed by atoms with Gasteiger partial charge in [-0.1, -0.05) is 37.6 Å². The summed E-state index contributed by atoms with van der Waals surface area (Å²) in [5.41, 5.74) is 1.50. The number of piperidine rings is 1. The second-order valence-corrected chi connectivity index (χ2v) is 16.9. The molecule has 3 saturated heterocycles. The van der Waals surface area contributed by atoms with Crippen LogP contribution in [0.2, 0.25) is 0 Å². The van der Waals surface area contributed by atoms with Gasteiger partial charge in [0.25, 0.3) is 11.7 Å². The largest absolute Gasteiger partial charge is 0.456 e. The zero-order valence-electron chi connectivity index (χ0n) is 34.4. The quantitative estimate of drug-likeness (QED) is 0.212. The molecule has 1 amide bonds. The van der Waals surface area contributed by atoms with E-state index in [-0.39, 0.29) is 37.2 Å². The first-order chi connectivity index (χ1) is 26.7. The molecular formula is C43H65NO12. The van der Waals surface area contributed by atoms with Gasteiger partial charge in [0.05, 0.1) is 36.6 Å². The molecule has 13 heteroatoms. The van der Waals surface area contributed by atoms with Gasteiger partial charge in [0.2, 0.25) is 5.79 Å². The number of allylic oxidation sites excluding steroid dienone is 3. The number of ketones is 2. The molecule has 5 aliphatic rings. The minimum absolute atomic E-state index is 0.0101. The molecule has 1 saturated carbocycles. The number of ether oxygens (including phenoxy) is 6. The van der Waals surface area contributed by atoms with Gasteiger partial charge in [-0.25, -0.2) is 4.79 Å². The molecule has 4 fully saturated rings. The maximum Gasteiger partial charge on any atom is 0.329 e. The van der Waals surface area contributed by atoms with Crippen molar-refractivity contribution in [3.05, 3.63) is 36.0 Å². The van der Waals surface area contributed by atoms with Gasteiger partial charge >= 0.3 is 5.97 Å². The highest BCUT2D eigenvalue weighted by molar-refractivity contribution is 6.39. The van der Waals surface area contributed by atoms with Crippen LogP contribution < -0.4 is 0 Å². The lowest BCUT2D eigenvalue weighted by atomic mass is 9.81. The van der Waals surface area contributed by atoms with Crippen LogP contribution >= 0.6 is 0 Å². The van der Waals surface area contributed by atoms with Gasteiger partial charge < -0.3 is 43.5 Å². The number of fused-ring (bicyclic) bond motifs is 3. The summed E-state index contributed by atoms with van der Waals surface area (Å²) in [4.78, 5) is 59.0. The molecule has 56 heavy (non-hydrogen) atoms. The summed E-state index contributed by atoms with van der Waals surface area (Å²) in [7, 11) is 4.71. The summed E-state index contributed by atoms with van der Waals surface area (Å²) in [5, 5.41) is 22.1. The number of hydrogen-bond donors (Lipinski definition) is 2. The highest BCUT2D eigenvalue weighted by Crippen LogP contribution is 2.45. The first-order valence-electron chi connectivity index (χ1n) is 20.5. The molecule has 0 aromatic rings. The standard InChI is InChI=1S/C43H65NO12/c1-9-12-29-17-24(2)18-30-22-37(53-8)39-36(52-7)20-26(4)43(55-30,56-39)40(48)41(49)44-16-11-10-13-31(44)42(50)54-38(27(5)33(46)23-34(29)47)25(3)19-28-14-15-32(45)35(21-28)51-6/h9,17,19,26-33,35-39,45-46H,1,10-16,18,20-23H2,2-8H3/b24-17+,25-19+/t26-,27-,28+,29-,30+,31+,32-,33+,35-,36+,37+,38?,39+,43-/m1/s1. The third kappa shape index (κ3) is 9.56. The number of amides is 1. The molecule has 0 aromatic carbocycles. The van der Waals surface area contributed by atoms with Crippen LogP contribution in [0.4, 0.5) is 0 Å². The fourth-order valence-electron chi connectivity index (χ4n) is 9.62. The van der Waals surface area contributed by atoms with E-state index in [4.69, 9.17) is 28.4 Å². The van der Waals surface area contributed by atoms with Crippen molar-refractivity contribution < 1.29 is 57.8 Å². The van der Waals surface area contributed by atoms with Crippen LogP contribution in [-0.2, 0) is 47.6 Å². The predicted molar refractivity (Wildman–Crippen MR) is 206 cm³/mol. The molecule has 13 nitrogen and oxygen atoms in total. The summed E-state index contributed by atoms with van der Waals surface area (Å²) < 4.78 is 36.9. The van der Waals surface area contributed by atoms with Crippen LogP contribution in [0, 0.1) is 23.7 Å². The molecule has 0 aromatic heterocycles. The Morgan fingerprint density at radius 3 is 2.30 bits per heavy atom. The highest BCUT2D eigenvalue weighted by Gasteiger charge is 2.61. The Hall–Kier alpha value is -2.78. The van der Waals surface area contributed by atoms with Gasteiger partial charge in [0.15, 0.2) is 0 Å². The number of methoxy groups -OCH3 is 3. The number of aliphatic hydroxyl groups is 2. The molecule has 3 bridgehead atoms. The van der Waals surface area contributed by atoms with Crippen molar-refractivity contribution in [2.75, 3.05) is 27.9 Å². The van der Waals surface area contributed by atoms with Gasteiger partial charge in [0.1, 0.15) is 24.0 Å². The molecule has 1 unspecified atom stereocenters. The summed E-state index contributed by atoms with van der Waals surface area (Å²) in [6.45, 7) is 11.3. The normalized spacial score (nSPS) is 42.0. The number of aliphatic hydroxyl groups excluding tert-OH is 2. The van der Waals surface area contributed by atoms with E-state index >= 15 is 0 Å². The number of rotatable bonds is 7. The van der Waals surface area contributed by atoms with Crippen molar-refractivity contribution in [2.45, 2.75) is 159 Å². The second-order valence-electron chi connectivity index (χ2n) is 16.9. The minimum Gasteiger partial charge on any atom is -0.456 e. The van der Waals surface area contributed by atoms with Crippen LogP contribution in [0.5, 0.6) is 0 Å². The van der Waals surface area contributed by atoms with E-state index in [1.165, 1.54) is 4.90 Å². The molecule has 4 heterocycles. The average Bonchev–Trinajstić information content (AvgIpc) is 3.32. The number of nitrogens with zero attached hydrogens (tertiary/aromatic N) is 1. The van der Waals surface area contributed by atoms with Gasteiger partial charge in [-0.3, -0.25) is 14.4 Å². The lowest BCUT2D eigenvalue weighted by Crippen LogP contribution is -2.64. The summed E-state index contributed by atoms with van der Waals surface area (Å²) >= 11 is 0. The van der Waals surface area contributed by atoms with E-state index in [1.54, 1.807) is 41.3 Å². The Balaban J connectivity index is 1.58. The average molecular weight is 788 g/mol. The summed E-state index contributed by atoms with van der Waals surface area (Å²) in [6, 6.07) is -1.07. The fraction of sp³-hybridized carbons (Fsp3) is 0.767. The van der Waals surface area contributed by atoms with E-state index in [0.717, 1.165) is 5.57 Å². The number of cyclic esters (lactones) is 1. The number of carbonyl (C=O) groups excluding carboxylic acids is 4. The molecule has 1 spiro atoms. The van der Waals surface area contributed by atoms with Gasteiger partial charge in [0, 0.05) is 58.5 Å². The van der Waals surface area contributed by atoms with Crippen molar-refractivity contribution in [1.29, 1.82) is 0 Å². The fourth-order valence-corrected chi connectivity index (χ4v) is 9.62. The van der Waals surface area contributed by atoms with Crippen LogP contribution in [0.15, 0.2) is 36.0 Å². The van der Waals surface area contributed by atoms with Crippen LogP contribution in [0.25, 0.3) is 0 Å². The number of hydrogen-bond acceptors (Lipinski definition) is 12. The van der Waals surface area contributed by atoms with E-state index in [1.807, 2.05) is 26.0 Å². The first-order valence-corrected chi connectivity index (χ1v) is 20.5. The van der Waals surface area contributed by atoms with E-state index in [9.17, 15) is 29.4 Å².